The minimum atomic E-state index is -0.196. The molecule has 4 nitrogen and oxygen atoms in total. The molecule has 2 aromatic rings. The molecule has 0 aliphatic heterocycles. The summed E-state index contributed by atoms with van der Waals surface area (Å²) in [5.74, 6) is -0.196. The van der Waals surface area contributed by atoms with Crippen molar-refractivity contribution in [2.75, 3.05) is 13.7 Å². The molecule has 0 aliphatic carbocycles. The number of aromatic nitrogens is 1. The van der Waals surface area contributed by atoms with E-state index in [2.05, 4.69) is 21.1 Å². The van der Waals surface area contributed by atoms with Gasteiger partial charge in [-0.2, -0.15) is 0 Å². The molecule has 0 bridgehead atoms. The maximum Gasteiger partial charge on any atom is 0.306 e. The van der Waals surface area contributed by atoms with Crippen molar-refractivity contribution in [3.05, 3.63) is 42.2 Å². The van der Waals surface area contributed by atoms with Crippen LogP contribution < -0.4 is 5.32 Å². The van der Waals surface area contributed by atoms with Gasteiger partial charge in [0.2, 0.25) is 0 Å². The molecule has 0 spiro atoms. The van der Waals surface area contributed by atoms with Crippen molar-refractivity contribution in [2.45, 2.75) is 13.0 Å². The highest BCUT2D eigenvalue weighted by atomic mass is 16.5. The lowest BCUT2D eigenvalue weighted by Gasteiger charge is -2.07. The van der Waals surface area contributed by atoms with E-state index in [1.165, 1.54) is 12.5 Å². The van der Waals surface area contributed by atoms with Gasteiger partial charge in [0.1, 0.15) is 0 Å². The first-order valence-electron chi connectivity index (χ1n) is 5.90. The largest absolute Gasteiger partial charge is 0.469 e. The van der Waals surface area contributed by atoms with E-state index in [4.69, 9.17) is 0 Å². The zero-order valence-corrected chi connectivity index (χ0v) is 10.3. The lowest BCUT2D eigenvalue weighted by Crippen LogP contribution is -2.18. The number of carbonyl (C=O) groups is 1. The highest BCUT2D eigenvalue weighted by Gasteiger charge is 2.02. The molecule has 4 heteroatoms. The van der Waals surface area contributed by atoms with E-state index in [1.54, 1.807) is 0 Å². The molecule has 0 unspecified atom stereocenters. The predicted molar refractivity (Wildman–Crippen MR) is 70.1 cm³/mol. The summed E-state index contributed by atoms with van der Waals surface area (Å²) in [7, 11) is 1.40. The van der Waals surface area contributed by atoms with E-state index in [0.717, 1.165) is 10.9 Å². The van der Waals surface area contributed by atoms with E-state index in [-0.39, 0.29) is 5.97 Å². The second-order valence-corrected chi connectivity index (χ2v) is 4.02. The zero-order valence-electron chi connectivity index (χ0n) is 10.3. The highest BCUT2D eigenvalue weighted by Crippen LogP contribution is 2.16. The quantitative estimate of drug-likeness (QED) is 0.644. The number of benzene rings is 1. The average Bonchev–Trinajstić information content (AvgIpc) is 2.43. The van der Waals surface area contributed by atoms with Crippen molar-refractivity contribution in [3.63, 3.8) is 0 Å². The number of rotatable bonds is 5. The van der Waals surface area contributed by atoms with Crippen LogP contribution in [0.1, 0.15) is 12.0 Å². The molecule has 18 heavy (non-hydrogen) atoms. The highest BCUT2D eigenvalue weighted by molar-refractivity contribution is 5.84. The molecule has 94 valence electrons. The second kappa shape index (κ2) is 6.12. The Balaban J connectivity index is 1.97. The Morgan fingerprint density at radius 3 is 3.00 bits per heavy atom. The van der Waals surface area contributed by atoms with Crippen molar-refractivity contribution in [1.29, 1.82) is 0 Å². The number of carbonyl (C=O) groups excluding carboxylic acids is 1. The molecule has 1 N–H and O–H groups in total. The number of hydrogen-bond acceptors (Lipinski definition) is 4. The standard InChI is InChI=1S/C14H16N2O2/c1-18-14(17)6-7-15-9-12-10-16-8-11-4-2-3-5-13(11)12/h2-5,8,10,15H,6-7,9H2,1H3. The summed E-state index contributed by atoms with van der Waals surface area (Å²) in [6, 6.07) is 8.13. The summed E-state index contributed by atoms with van der Waals surface area (Å²) in [5.41, 5.74) is 1.14. The topological polar surface area (TPSA) is 51.2 Å². The predicted octanol–water partition coefficient (Wildman–Crippen LogP) is 1.89. The van der Waals surface area contributed by atoms with Crippen molar-refractivity contribution < 1.29 is 9.53 Å². The van der Waals surface area contributed by atoms with Crippen LogP contribution in [0.4, 0.5) is 0 Å². The van der Waals surface area contributed by atoms with Gasteiger partial charge in [-0.15, -0.1) is 0 Å². The molecule has 1 heterocycles. The Morgan fingerprint density at radius 2 is 2.17 bits per heavy atom. The Morgan fingerprint density at radius 1 is 1.33 bits per heavy atom. The summed E-state index contributed by atoms with van der Waals surface area (Å²) in [4.78, 5) is 15.2. The number of methoxy groups -OCH3 is 1. The van der Waals surface area contributed by atoms with Crippen LogP contribution in [0.5, 0.6) is 0 Å². The van der Waals surface area contributed by atoms with Crippen molar-refractivity contribution in [3.8, 4) is 0 Å². The number of hydrogen-bond donors (Lipinski definition) is 1. The first kappa shape index (κ1) is 12.5. The summed E-state index contributed by atoms with van der Waals surface area (Å²) >= 11 is 0. The van der Waals surface area contributed by atoms with Gasteiger partial charge in [0.15, 0.2) is 0 Å². The molecule has 0 amide bonds. The van der Waals surface area contributed by atoms with Gasteiger partial charge in [0, 0.05) is 30.9 Å². The summed E-state index contributed by atoms with van der Waals surface area (Å²) in [6.07, 6.45) is 4.09. The maximum atomic E-state index is 11.0. The number of nitrogens with zero attached hydrogens (tertiary/aromatic N) is 1. The molecule has 0 saturated heterocycles. The summed E-state index contributed by atoms with van der Waals surface area (Å²) < 4.78 is 4.58. The van der Waals surface area contributed by atoms with Gasteiger partial charge in [-0.05, 0) is 10.9 Å². The smallest absolute Gasteiger partial charge is 0.306 e. The number of esters is 1. The molecule has 0 saturated carbocycles. The maximum absolute atomic E-state index is 11.0. The van der Waals surface area contributed by atoms with E-state index in [9.17, 15) is 4.79 Å². The molecule has 1 aromatic heterocycles. The van der Waals surface area contributed by atoms with Gasteiger partial charge in [-0.25, -0.2) is 0 Å². The fraction of sp³-hybridized carbons (Fsp3) is 0.286. The van der Waals surface area contributed by atoms with Crippen LogP contribution in [-0.4, -0.2) is 24.6 Å². The number of nitrogens with one attached hydrogen (secondary N) is 1. The fourth-order valence-electron chi connectivity index (χ4n) is 1.84. The van der Waals surface area contributed by atoms with Crippen LogP contribution >= 0.6 is 0 Å². The number of fused-ring (bicyclic) bond motifs is 1. The molecule has 0 fully saturated rings. The third-order valence-electron chi connectivity index (χ3n) is 2.80. The van der Waals surface area contributed by atoms with E-state index in [1.807, 2.05) is 30.6 Å². The molecular formula is C14H16N2O2. The van der Waals surface area contributed by atoms with Gasteiger partial charge >= 0.3 is 5.97 Å². The van der Waals surface area contributed by atoms with E-state index in [0.29, 0.717) is 19.5 Å². The lowest BCUT2D eigenvalue weighted by molar-refractivity contribution is -0.140. The molecule has 2 rings (SSSR count). The van der Waals surface area contributed by atoms with Gasteiger partial charge in [0.05, 0.1) is 13.5 Å². The molecule has 0 aliphatic rings. The van der Waals surface area contributed by atoms with Gasteiger partial charge in [-0.3, -0.25) is 9.78 Å². The number of pyridine rings is 1. The molecule has 0 atom stereocenters. The molecule has 0 radical (unpaired) electrons. The van der Waals surface area contributed by atoms with Crippen molar-refractivity contribution >= 4 is 16.7 Å². The van der Waals surface area contributed by atoms with Crippen LogP contribution in [0.25, 0.3) is 10.8 Å². The van der Waals surface area contributed by atoms with Crippen LogP contribution in [0.15, 0.2) is 36.7 Å². The van der Waals surface area contributed by atoms with E-state index >= 15 is 0 Å². The first-order chi connectivity index (χ1) is 8.81. The third kappa shape index (κ3) is 3.05. The summed E-state index contributed by atoms with van der Waals surface area (Å²) in [5, 5.41) is 5.54. The van der Waals surface area contributed by atoms with E-state index < -0.39 is 0 Å². The fourth-order valence-corrected chi connectivity index (χ4v) is 1.84. The normalized spacial score (nSPS) is 10.5. The monoisotopic (exact) mass is 244 g/mol. The molecule has 1 aromatic carbocycles. The molecular weight excluding hydrogens is 228 g/mol. The Kier molecular flexibility index (Phi) is 4.25. The first-order valence-corrected chi connectivity index (χ1v) is 5.90. The third-order valence-corrected chi connectivity index (χ3v) is 2.80. The van der Waals surface area contributed by atoms with Gasteiger partial charge in [0.25, 0.3) is 0 Å². The lowest BCUT2D eigenvalue weighted by atomic mass is 10.1. The van der Waals surface area contributed by atoms with Crippen molar-refractivity contribution in [2.24, 2.45) is 0 Å². The minimum Gasteiger partial charge on any atom is -0.469 e. The summed E-state index contributed by atoms with van der Waals surface area (Å²) in [6.45, 7) is 1.31. The average molecular weight is 244 g/mol. The van der Waals surface area contributed by atoms with Crippen LogP contribution in [0, 0.1) is 0 Å². The minimum absolute atomic E-state index is 0.196. The Labute approximate surface area is 106 Å². The van der Waals surface area contributed by atoms with Gasteiger partial charge < -0.3 is 10.1 Å². The number of ether oxygens (including phenoxy) is 1. The van der Waals surface area contributed by atoms with Crippen LogP contribution in [-0.2, 0) is 16.1 Å². The van der Waals surface area contributed by atoms with Crippen molar-refractivity contribution in [1.82, 2.24) is 10.3 Å². The second-order valence-electron chi connectivity index (χ2n) is 4.02. The zero-order chi connectivity index (χ0) is 12.8. The van der Waals surface area contributed by atoms with Crippen LogP contribution in [0.2, 0.25) is 0 Å². The SMILES string of the molecule is COC(=O)CCNCc1cncc2ccccc12. The Bertz CT molecular complexity index is 535. The van der Waals surface area contributed by atoms with Crippen LogP contribution in [0.3, 0.4) is 0 Å². The Hall–Kier alpha value is -1.94. The van der Waals surface area contributed by atoms with Gasteiger partial charge in [-0.1, -0.05) is 24.3 Å².